The van der Waals surface area contributed by atoms with Crippen LogP contribution in [0.15, 0.2) is 30.3 Å². The first-order chi connectivity index (χ1) is 8.11. The summed E-state index contributed by atoms with van der Waals surface area (Å²) in [7, 11) is 0. The maximum atomic E-state index is 10.8. The molecule has 0 fully saturated rings. The van der Waals surface area contributed by atoms with Crippen LogP contribution in [0.4, 0.5) is 0 Å². The van der Waals surface area contributed by atoms with Gasteiger partial charge in [0.05, 0.1) is 0 Å². The molecule has 0 heterocycles. The van der Waals surface area contributed by atoms with E-state index >= 15 is 0 Å². The van der Waals surface area contributed by atoms with Gasteiger partial charge in [0.1, 0.15) is 0 Å². The third-order valence-electron chi connectivity index (χ3n) is 2.69. The van der Waals surface area contributed by atoms with Gasteiger partial charge >= 0.3 is 0 Å². The molecule has 0 bridgehead atoms. The Morgan fingerprint density at radius 1 is 1.18 bits per heavy atom. The molecule has 1 amide bonds. The molecule has 1 unspecified atom stereocenters. The Kier molecular flexibility index (Phi) is 5.70. The summed E-state index contributed by atoms with van der Waals surface area (Å²) in [6.45, 7) is 7.39. The Morgan fingerprint density at radius 2 is 1.82 bits per heavy atom. The molecule has 0 saturated heterocycles. The summed E-state index contributed by atoms with van der Waals surface area (Å²) in [6.07, 6.45) is 0. The van der Waals surface area contributed by atoms with Crippen LogP contribution in [0.3, 0.4) is 0 Å². The number of carbonyl (C=O) groups is 1. The summed E-state index contributed by atoms with van der Waals surface area (Å²) < 4.78 is 0. The zero-order valence-electron chi connectivity index (χ0n) is 10.9. The Morgan fingerprint density at radius 3 is 2.35 bits per heavy atom. The third-order valence-corrected chi connectivity index (χ3v) is 2.69. The molecule has 0 saturated carbocycles. The zero-order chi connectivity index (χ0) is 12.7. The molecule has 0 radical (unpaired) electrons. The monoisotopic (exact) mass is 234 g/mol. The molecule has 1 aromatic carbocycles. The van der Waals surface area contributed by atoms with Crippen LogP contribution in [0.25, 0.3) is 0 Å². The minimum Gasteiger partial charge on any atom is -0.355 e. The van der Waals surface area contributed by atoms with Crippen molar-refractivity contribution in [2.24, 2.45) is 5.92 Å². The summed E-state index contributed by atoms with van der Waals surface area (Å²) >= 11 is 0. The minimum atomic E-state index is 0.0209. The van der Waals surface area contributed by atoms with E-state index in [9.17, 15) is 4.79 Å². The molecule has 3 heteroatoms. The number of nitrogens with one attached hydrogen (secondary N) is 2. The van der Waals surface area contributed by atoms with Gasteiger partial charge < -0.3 is 10.6 Å². The topological polar surface area (TPSA) is 41.1 Å². The van der Waals surface area contributed by atoms with Crippen LogP contribution >= 0.6 is 0 Å². The smallest absolute Gasteiger partial charge is 0.216 e. The van der Waals surface area contributed by atoms with Crippen molar-refractivity contribution in [2.45, 2.75) is 26.8 Å². The molecular formula is C14H22N2O. The van der Waals surface area contributed by atoms with Gasteiger partial charge in [-0.15, -0.1) is 0 Å². The van der Waals surface area contributed by atoms with Gasteiger partial charge in [0.25, 0.3) is 0 Å². The van der Waals surface area contributed by atoms with Crippen LogP contribution in [0.5, 0.6) is 0 Å². The molecule has 1 atom stereocenters. The van der Waals surface area contributed by atoms with Crippen LogP contribution < -0.4 is 10.6 Å². The van der Waals surface area contributed by atoms with E-state index in [1.54, 1.807) is 0 Å². The second-order valence-electron chi connectivity index (χ2n) is 4.57. The lowest BCUT2D eigenvalue weighted by atomic mass is 9.96. The fourth-order valence-corrected chi connectivity index (χ4v) is 1.87. The maximum absolute atomic E-state index is 10.8. The standard InChI is InChI=1S/C14H22N2O/c1-11(2)14(13-7-5-4-6-8-13)16-10-9-15-12(3)17/h4-8,11,14,16H,9-10H2,1-3H3,(H,15,17). The zero-order valence-corrected chi connectivity index (χ0v) is 10.9. The van der Waals surface area contributed by atoms with Crippen molar-refractivity contribution in [3.8, 4) is 0 Å². The average molecular weight is 234 g/mol. The summed E-state index contributed by atoms with van der Waals surface area (Å²) in [6, 6.07) is 10.7. The Bertz CT molecular complexity index is 335. The Balaban J connectivity index is 2.48. The Hall–Kier alpha value is -1.35. The second-order valence-corrected chi connectivity index (χ2v) is 4.57. The van der Waals surface area contributed by atoms with E-state index in [0.717, 1.165) is 6.54 Å². The van der Waals surface area contributed by atoms with Crippen LogP contribution in [0, 0.1) is 5.92 Å². The normalized spacial score (nSPS) is 12.5. The molecule has 0 aliphatic rings. The number of amides is 1. The first-order valence-electron chi connectivity index (χ1n) is 6.14. The van der Waals surface area contributed by atoms with Crippen molar-refractivity contribution < 1.29 is 4.79 Å². The van der Waals surface area contributed by atoms with Crippen molar-refractivity contribution in [3.05, 3.63) is 35.9 Å². The van der Waals surface area contributed by atoms with Gasteiger partial charge in [-0.25, -0.2) is 0 Å². The molecule has 0 aliphatic heterocycles. The second kappa shape index (κ2) is 7.07. The molecule has 0 spiro atoms. The van der Waals surface area contributed by atoms with E-state index in [1.807, 2.05) is 6.07 Å². The van der Waals surface area contributed by atoms with E-state index in [0.29, 0.717) is 18.5 Å². The highest BCUT2D eigenvalue weighted by Crippen LogP contribution is 2.20. The summed E-state index contributed by atoms with van der Waals surface area (Å²) in [4.78, 5) is 10.8. The highest BCUT2D eigenvalue weighted by Gasteiger charge is 2.13. The van der Waals surface area contributed by atoms with E-state index in [2.05, 4.69) is 48.7 Å². The number of hydrogen-bond acceptors (Lipinski definition) is 2. The van der Waals surface area contributed by atoms with Gasteiger partial charge in [-0.05, 0) is 11.5 Å². The molecule has 0 aromatic heterocycles. The van der Waals surface area contributed by atoms with Crippen molar-refractivity contribution >= 4 is 5.91 Å². The summed E-state index contributed by atoms with van der Waals surface area (Å²) in [5, 5.41) is 6.27. The highest BCUT2D eigenvalue weighted by atomic mass is 16.1. The first-order valence-corrected chi connectivity index (χ1v) is 6.14. The lowest BCUT2D eigenvalue weighted by molar-refractivity contribution is -0.118. The molecule has 17 heavy (non-hydrogen) atoms. The van der Waals surface area contributed by atoms with Crippen molar-refractivity contribution in [3.63, 3.8) is 0 Å². The lowest BCUT2D eigenvalue weighted by Gasteiger charge is -2.23. The predicted octanol–water partition coefficient (Wildman–Crippen LogP) is 2.11. The molecule has 0 aliphatic carbocycles. The SMILES string of the molecule is CC(=O)NCCNC(c1ccccc1)C(C)C. The molecule has 3 nitrogen and oxygen atoms in total. The summed E-state index contributed by atoms with van der Waals surface area (Å²) in [5.74, 6) is 0.544. The fourth-order valence-electron chi connectivity index (χ4n) is 1.87. The van der Waals surface area contributed by atoms with E-state index < -0.39 is 0 Å². The van der Waals surface area contributed by atoms with E-state index in [1.165, 1.54) is 12.5 Å². The number of benzene rings is 1. The number of hydrogen-bond donors (Lipinski definition) is 2. The molecular weight excluding hydrogens is 212 g/mol. The van der Waals surface area contributed by atoms with Crippen LogP contribution in [0.2, 0.25) is 0 Å². The van der Waals surface area contributed by atoms with E-state index in [-0.39, 0.29) is 5.91 Å². The third kappa shape index (κ3) is 5.00. The van der Waals surface area contributed by atoms with Crippen LogP contribution in [-0.4, -0.2) is 19.0 Å². The van der Waals surface area contributed by atoms with Gasteiger partial charge in [-0.2, -0.15) is 0 Å². The number of rotatable bonds is 6. The molecule has 2 N–H and O–H groups in total. The highest BCUT2D eigenvalue weighted by molar-refractivity contribution is 5.72. The van der Waals surface area contributed by atoms with Gasteiger partial charge in [0.15, 0.2) is 0 Å². The minimum absolute atomic E-state index is 0.0209. The van der Waals surface area contributed by atoms with Crippen LogP contribution in [-0.2, 0) is 4.79 Å². The predicted molar refractivity (Wildman–Crippen MR) is 70.7 cm³/mol. The largest absolute Gasteiger partial charge is 0.355 e. The van der Waals surface area contributed by atoms with Gasteiger partial charge in [-0.3, -0.25) is 4.79 Å². The summed E-state index contributed by atoms with van der Waals surface area (Å²) in [5.41, 5.74) is 1.30. The van der Waals surface area contributed by atoms with Gasteiger partial charge in [0.2, 0.25) is 5.91 Å². The fraction of sp³-hybridized carbons (Fsp3) is 0.500. The van der Waals surface area contributed by atoms with Gasteiger partial charge in [0, 0.05) is 26.1 Å². The maximum Gasteiger partial charge on any atom is 0.216 e. The number of carbonyl (C=O) groups excluding carboxylic acids is 1. The van der Waals surface area contributed by atoms with Gasteiger partial charge in [-0.1, -0.05) is 44.2 Å². The van der Waals surface area contributed by atoms with Crippen LogP contribution in [0.1, 0.15) is 32.4 Å². The quantitative estimate of drug-likeness (QED) is 0.740. The van der Waals surface area contributed by atoms with Crippen molar-refractivity contribution in [1.29, 1.82) is 0 Å². The van der Waals surface area contributed by atoms with E-state index in [4.69, 9.17) is 0 Å². The molecule has 1 aromatic rings. The molecule has 1 rings (SSSR count). The average Bonchev–Trinajstić information content (AvgIpc) is 2.29. The Labute approximate surface area is 104 Å². The van der Waals surface area contributed by atoms with Crippen molar-refractivity contribution in [1.82, 2.24) is 10.6 Å². The first kappa shape index (κ1) is 13.7. The lowest BCUT2D eigenvalue weighted by Crippen LogP contribution is -2.34. The molecule has 94 valence electrons. The van der Waals surface area contributed by atoms with Crippen molar-refractivity contribution in [2.75, 3.05) is 13.1 Å².